The van der Waals surface area contributed by atoms with E-state index in [-0.39, 0.29) is 5.69 Å². The molecule has 1 amide bonds. The van der Waals surface area contributed by atoms with Gasteiger partial charge in [0.2, 0.25) is 0 Å². The van der Waals surface area contributed by atoms with Crippen molar-refractivity contribution < 1.29 is 13.6 Å². The van der Waals surface area contributed by atoms with E-state index in [2.05, 4.69) is 17.9 Å². The number of carbonyl (C=O) groups excluding carboxylic acids is 1. The van der Waals surface area contributed by atoms with Gasteiger partial charge in [0.05, 0.1) is 0 Å². The topological polar surface area (TPSA) is 29.1 Å². The monoisotopic (exact) mass is 265 g/mol. The van der Waals surface area contributed by atoms with Gasteiger partial charge in [-0.2, -0.15) is 0 Å². The molecule has 0 radical (unpaired) electrons. The minimum absolute atomic E-state index is 0.203. The van der Waals surface area contributed by atoms with Crippen LogP contribution in [0.1, 0.15) is 10.4 Å². The van der Waals surface area contributed by atoms with Crippen LogP contribution in [0.3, 0.4) is 0 Å². The highest BCUT2D eigenvalue weighted by molar-refractivity contribution is 7.80. The molecule has 0 aromatic heterocycles. The van der Waals surface area contributed by atoms with E-state index in [4.69, 9.17) is 0 Å². The molecular weight excluding hydrogens is 256 g/mol. The number of anilines is 1. The van der Waals surface area contributed by atoms with E-state index in [0.717, 1.165) is 17.0 Å². The third kappa shape index (κ3) is 2.87. The summed E-state index contributed by atoms with van der Waals surface area (Å²) in [6.07, 6.45) is 0. The number of hydrogen-bond donors (Lipinski definition) is 2. The van der Waals surface area contributed by atoms with Gasteiger partial charge in [0.25, 0.3) is 5.91 Å². The summed E-state index contributed by atoms with van der Waals surface area (Å²) in [5.74, 6) is -2.35. The molecule has 0 aliphatic heterocycles. The van der Waals surface area contributed by atoms with Crippen LogP contribution in [0.2, 0.25) is 0 Å². The van der Waals surface area contributed by atoms with Crippen molar-refractivity contribution in [2.24, 2.45) is 0 Å². The van der Waals surface area contributed by atoms with Gasteiger partial charge in [0.1, 0.15) is 0 Å². The van der Waals surface area contributed by atoms with E-state index in [1.807, 2.05) is 0 Å². The second-order valence-electron chi connectivity index (χ2n) is 3.63. The molecule has 0 saturated carbocycles. The van der Waals surface area contributed by atoms with Crippen molar-refractivity contribution in [3.63, 3.8) is 0 Å². The highest BCUT2D eigenvalue weighted by atomic mass is 32.1. The smallest absolute Gasteiger partial charge is 0.255 e. The predicted octanol–water partition coefficient (Wildman–Crippen LogP) is 3.51. The molecule has 0 saturated heterocycles. The number of carbonyl (C=O) groups is 1. The van der Waals surface area contributed by atoms with Crippen molar-refractivity contribution in [3.05, 3.63) is 59.7 Å². The molecule has 0 atom stereocenters. The Balaban J connectivity index is 2.16. The number of amides is 1. The molecule has 0 unspecified atom stereocenters. The predicted molar refractivity (Wildman–Crippen MR) is 68.0 cm³/mol. The van der Waals surface area contributed by atoms with Crippen LogP contribution in [0.15, 0.2) is 47.4 Å². The molecule has 0 spiro atoms. The van der Waals surface area contributed by atoms with Crippen LogP contribution in [-0.4, -0.2) is 5.91 Å². The number of thiol groups is 1. The first kappa shape index (κ1) is 12.6. The quantitative estimate of drug-likeness (QED) is 0.799. The highest BCUT2D eigenvalue weighted by Crippen LogP contribution is 2.15. The third-order valence-electron chi connectivity index (χ3n) is 2.31. The van der Waals surface area contributed by atoms with Crippen molar-refractivity contribution in [2.45, 2.75) is 4.90 Å². The fourth-order valence-corrected chi connectivity index (χ4v) is 1.54. The maximum atomic E-state index is 12.9. The maximum Gasteiger partial charge on any atom is 0.255 e. The van der Waals surface area contributed by atoms with Crippen molar-refractivity contribution in [2.75, 3.05) is 5.32 Å². The maximum absolute atomic E-state index is 12.9. The summed E-state index contributed by atoms with van der Waals surface area (Å²) in [6.45, 7) is 0. The van der Waals surface area contributed by atoms with Gasteiger partial charge in [-0.15, -0.1) is 12.6 Å². The van der Waals surface area contributed by atoms with Gasteiger partial charge in [-0.1, -0.05) is 0 Å². The molecule has 0 bridgehead atoms. The normalized spacial score (nSPS) is 10.2. The second-order valence-corrected chi connectivity index (χ2v) is 4.15. The molecule has 18 heavy (non-hydrogen) atoms. The van der Waals surface area contributed by atoms with Crippen molar-refractivity contribution in [1.29, 1.82) is 0 Å². The molecule has 2 aromatic rings. The van der Waals surface area contributed by atoms with Gasteiger partial charge in [-0.05, 0) is 36.4 Å². The van der Waals surface area contributed by atoms with E-state index in [0.29, 0.717) is 5.56 Å². The standard InChI is InChI=1S/C13H9F2NOS/c14-11-6-3-9(7-12(11)15)16-13(17)8-1-4-10(18)5-2-8/h1-7,18H,(H,16,17). The minimum Gasteiger partial charge on any atom is -0.322 e. The first-order chi connectivity index (χ1) is 8.56. The average molecular weight is 265 g/mol. The summed E-state index contributed by atoms with van der Waals surface area (Å²) in [6, 6.07) is 9.72. The van der Waals surface area contributed by atoms with Crippen molar-refractivity contribution in [3.8, 4) is 0 Å². The Kier molecular flexibility index (Phi) is 3.62. The molecule has 2 rings (SSSR count). The Morgan fingerprint density at radius 3 is 2.28 bits per heavy atom. The van der Waals surface area contributed by atoms with Crippen molar-refractivity contribution >= 4 is 24.2 Å². The summed E-state index contributed by atoms with van der Waals surface area (Å²) < 4.78 is 25.7. The second kappa shape index (κ2) is 5.18. The number of nitrogens with one attached hydrogen (secondary N) is 1. The molecule has 0 fully saturated rings. The zero-order chi connectivity index (χ0) is 13.1. The van der Waals surface area contributed by atoms with E-state index >= 15 is 0 Å². The van der Waals surface area contributed by atoms with Crippen LogP contribution in [0.4, 0.5) is 14.5 Å². The molecular formula is C13H9F2NOS. The van der Waals surface area contributed by atoms with Crippen LogP contribution in [-0.2, 0) is 0 Å². The first-order valence-corrected chi connectivity index (χ1v) is 5.56. The Morgan fingerprint density at radius 1 is 1.00 bits per heavy atom. The fraction of sp³-hybridized carbons (Fsp3) is 0. The number of halogens is 2. The lowest BCUT2D eigenvalue weighted by molar-refractivity contribution is 0.102. The molecule has 5 heteroatoms. The molecule has 0 heterocycles. The largest absolute Gasteiger partial charge is 0.322 e. The Morgan fingerprint density at radius 2 is 1.67 bits per heavy atom. The zero-order valence-corrected chi connectivity index (χ0v) is 10.0. The number of hydrogen-bond acceptors (Lipinski definition) is 2. The van der Waals surface area contributed by atoms with Gasteiger partial charge in [0.15, 0.2) is 11.6 Å². The Hall–Kier alpha value is -1.88. The van der Waals surface area contributed by atoms with E-state index in [1.54, 1.807) is 24.3 Å². The summed E-state index contributed by atoms with van der Waals surface area (Å²) in [4.78, 5) is 12.5. The number of rotatable bonds is 2. The molecule has 0 aliphatic carbocycles. The lowest BCUT2D eigenvalue weighted by Gasteiger charge is -2.05. The van der Waals surface area contributed by atoms with Crippen molar-refractivity contribution in [1.82, 2.24) is 0 Å². The van der Waals surface area contributed by atoms with Gasteiger partial charge in [0, 0.05) is 22.2 Å². The lowest BCUT2D eigenvalue weighted by Crippen LogP contribution is -2.11. The summed E-state index contributed by atoms with van der Waals surface area (Å²) in [5, 5.41) is 2.48. The van der Waals surface area contributed by atoms with E-state index in [9.17, 15) is 13.6 Å². The first-order valence-electron chi connectivity index (χ1n) is 5.12. The fourth-order valence-electron chi connectivity index (χ4n) is 1.39. The molecule has 1 N–H and O–H groups in total. The van der Waals surface area contributed by atoms with Crippen LogP contribution in [0.5, 0.6) is 0 Å². The van der Waals surface area contributed by atoms with Gasteiger partial charge in [-0.25, -0.2) is 8.78 Å². The Labute approximate surface area is 108 Å². The van der Waals surface area contributed by atoms with Crippen LogP contribution < -0.4 is 5.32 Å². The lowest BCUT2D eigenvalue weighted by atomic mass is 10.2. The molecule has 0 aliphatic rings. The number of benzene rings is 2. The van der Waals surface area contributed by atoms with Gasteiger partial charge < -0.3 is 5.32 Å². The summed E-state index contributed by atoms with van der Waals surface area (Å²) in [5.41, 5.74) is 0.617. The van der Waals surface area contributed by atoms with E-state index < -0.39 is 17.5 Å². The highest BCUT2D eigenvalue weighted by Gasteiger charge is 2.08. The van der Waals surface area contributed by atoms with Gasteiger partial charge >= 0.3 is 0 Å². The molecule has 2 aromatic carbocycles. The minimum atomic E-state index is -1.00. The van der Waals surface area contributed by atoms with Gasteiger partial charge in [-0.3, -0.25) is 4.79 Å². The average Bonchev–Trinajstić information content (AvgIpc) is 2.34. The SMILES string of the molecule is O=C(Nc1ccc(F)c(F)c1)c1ccc(S)cc1. The third-order valence-corrected chi connectivity index (χ3v) is 2.61. The summed E-state index contributed by atoms with van der Waals surface area (Å²) in [7, 11) is 0. The Bertz CT molecular complexity index is 584. The van der Waals surface area contributed by atoms with E-state index in [1.165, 1.54) is 6.07 Å². The zero-order valence-electron chi connectivity index (χ0n) is 9.15. The molecule has 2 nitrogen and oxygen atoms in total. The van der Waals surface area contributed by atoms with Crippen LogP contribution >= 0.6 is 12.6 Å². The summed E-state index contributed by atoms with van der Waals surface area (Å²) >= 11 is 4.10. The van der Waals surface area contributed by atoms with Crippen LogP contribution in [0.25, 0.3) is 0 Å². The van der Waals surface area contributed by atoms with Crippen LogP contribution in [0, 0.1) is 11.6 Å². The molecule has 92 valence electrons.